The van der Waals surface area contributed by atoms with Crippen molar-refractivity contribution >= 4 is 35.4 Å². The molecule has 0 aliphatic carbocycles. The molecule has 2 amide bonds. The van der Waals surface area contributed by atoms with E-state index in [-0.39, 0.29) is 37.3 Å². The van der Waals surface area contributed by atoms with Crippen LogP contribution in [0.3, 0.4) is 0 Å². The summed E-state index contributed by atoms with van der Waals surface area (Å²) in [6, 6.07) is -1.32. The number of anilines is 1. The van der Waals surface area contributed by atoms with Crippen molar-refractivity contribution in [3.05, 3.63) is 28.2 Å². The number of hydrogen-bond donors (Lipinski definition) is 3. The molecule has 1 aromatic rings. The summed E-state index contributed by atoms with van der Waals surface area (Å²) < 4.78 is 29.6. The molecule has 248 valence electrons. The smallest absolute Gasteiger partial charge is 0.329 e. The molecule has 0 bridgehead atoms. The predicted octanol–water partition coefficient (Wildman–Crippen LogP) is 4.55. The fourth-order valence-corrected chi connectivity index (χ4v) is 3.64. The van der Waals surface area contributed by atoms with Crippen LogP contribution in [0, 0.1) is 16.1 Å². The molecular weight excluding hydrogens is 581 g/mol. The Kier molecular flexibility index (Phi) is 13.9. The van der Waals surface area contributed by atoms with E-state index in [1.54, 1.807) is 62.3 Å². The molecule has 1 rings (SSSR count). The molecule has 3 N–H and O–H groups in total. The van der Waals surface area contributed by atoms with Gasteiger partial charge in [-0.2, -0.15) is 9.37 Å². The van der Waals surface area contributed by atoms with Gasteiger partial charge in [-0.05, 0) is 88.0 Å². The van der Waals surface area contributed by atoms with Crippen molar-refractivity contribution in [1.82, 2.24) is 15.6 Å². The highest BCUT2D eigenvalue weighted by molar-refractivity contribution is 5.87. The van der Waals surface area contributed by atoms with Gasteiger partial charge in [-0.3, -0.25) is 14.9 Å². The van der Waals surface area contributed by atoms with Crippen LogP contribution in [-0.4, -0.2) is 69.3 Å². The molecule has 0 saturated carbocycles. The monoisotopic (exact) mass is 627 g/mol. The lowest BCUT2D eigenvalue weighted by Gasteiger charge is -2.27. The number of ether oxygens (including phenoxy) is 3. The third kappa shape index (κ3) is 16.0. The number of unbranched alkanes of at least 4 members (excludes halogenated alkanes) is 1. The SMILES string of the molecule is CC(C)(C)OC(=O)CC[C@H](NC(=O)N[C@@H](CCCCNc1nc(F)ccc1[N+](=O)[O-])C(=O)OC(C)(C)C)C(=O)OC(C)(C)C. The zero-order chi connectivity index (χ0) is 33.9. The quantitative estimate of drug-likeness (QED) is 0.0655. The number of amides is 2. The van der Waals surface area contributed by atoms with E-state index in [1.807, 2.05) is 0 Å². The highest BCUT2D eigenvalue weighted by atomic mass is 19.1. The number of pyridine rings is 1. The second kappa shape index (κ2) is 16.1. The molecule has 14 nitrogen and oxygen atoms in total. The maximum Gasteiger partial charge on any atom is 0.329 e. The van der Waals surface area contributed by atoms with E-state index in [1.165, 1.54) is 0 Å². The summed E-state index contributed by atoms with van der Waals surface area (Å²) >= 11 is 0. The molecule has 0 aromatic carbocycles. The van der Waals surface area contributed by atoms with Gasteiger partial charge in [-0.1, -0.05) is 0 Å². The summed E-state index contributed by atoms with van der Waals surface area (Å²) in [7, 11) is 0. The molecule has 0 spiro atoms. The van der Waals surface area contributed by atoms with Gasteiger partial charge in [-0.15, -0.1) is 0 Å². The fourth-order valence-electron chi connectivity index (χ4n) is 3.64. The number of urea groups is 1. The van der Waals surface area contributed by atoms with Gasteiger partial charge in [0.15, 0.2) is 0 Å². The fraction of sp³-hybridized carbons (Fsp3) is 0.690. The highest BCUT2D eigenvalue weighted by Crippen LogP contribution is 2.22. The maximum atomic E-state index is 13.5. The van der Waals surface area contributed by atoms with Crippen LogP contribution < -0.4 is 16.0 Å². The Labute approximate surface area is 257 Å². The Balaban J connectivity index is 2.93. The van der Waals surface area contributed by atoms with Gasteiger partial charge in [0.25, 0.3) is 0 Å². The minimum absolute atomic E-state index is 0.109. The summed E-state index contributed by atoms with van der Waals surface area (Å²) in [5.74, 6) is -3.15. The topological polar surface area (TPSA) is 188 Å². The standard InChI is InChI=1S/C29H46FN5O9/c1-27(2,3)42-22(36)16-13-19(25(38)44-29(7,8)9)33-26(39)32-18(24(37)43-28(4,5)6)12-10-11-17-31-23-20(35(40)41)14-15-21(30)34-23/h14-15,18-19H,10-13,16-17H2,1-9H3,(H,31,34)(H2,32,33,39)/t18-,19-/m0/s1. The van der Waals surface area contributed by atoms with Crippen molar-refractivity contribution in [2.45, 2.75) is 123 Å². The molecule has 0 unspecified atom stereocenters. The van der Waals surface area contributed by atoms with Gasteiger partial charge in [0, 0.05) is 25.1 Å². The number of aromatic nitrogens is 1. The highest BCUT2D eigenvalue weighted by Gasteiger charge is 2.31. The maximum absolute atomic E-state index is 13.5. The summed E-state index contributed by atoms with van der Waals surface area (Å²) in [4.78, 5) is 65.1. The molecular formula is C29H46FN5O9. The van der Waals surface area contributed by atoms with Crippen molar-refractivity contribution < 1.29 is 42.7 Å². The van der Waals surface area contributed by atoms with E-state index < -0.39 is 63.7 Å². The molecule has 1 heterocycles. The first-order valence-corrected chi connectivity index (χ1v) is 14.4. The van der Waals surface area contributed by atoms with E-state index >= 15 is 0 Å². The second-order valence-corrected chi connectivity index (χ2v) is 13.1. The van der Waals surface area contributed by atoms with E-state index in [0.717, 1.165) is 12.1 Å². The van der Waals surface area contributed by atoms with E-state index in [4.69, 9.17) is 14.2 Å². The van der Waals surface area contributed by atoms with E-state index in [0.29, 0.717) is 12.8 Å². The third-order valence-corrected chi connectivity index (χ3v) is 5.30. The Morgan fingerprint density at radius 2 is 1.34 bits per heavy atom. The van der Waals surface area contributed by atoms with Gasteiger partial charge < -0.3 is 30.2 Å². The largest absolute Gasteiger partial charge is 0.460 e. The van der Waals surface area contributed by atoms with Crippen LogP contribution in [0.25, 0.3) is 0 Å². The number of halogens is 1. The van der Waals surface area contributed by atoms with E-state index in [2.05, 4.69) is 20.9 Å². The number of esters is 3. The van der Waals surface area contributed by atoms with Crippen molar-refractivity contribution in [1.29, 1.82) is 0 Å². The van der Waals surface area contributed by atoms with Crippen molar-refractivity contribution in [2.24, 2.45) is 0 Å². The average Bonchev–Trinajstić information content (AvgIpc) is 2.82. The van der Waals surface area contributed by atoms with Gasteiger partial charge in [0.1, 0.15) is 28.9 Å². The first-order chi connectivity index (χ1) is 20.1. The molecule has 2 atom stereocenters. The molecule has 0 aliphatic rings. The van der Waals surface area contributed by atoms with Crippen molar-refractivity contribution in [3.63, 3.8) is 0 Å². The zero-order valence-corrected chi connectivity index (χ0v) is 27.0. The van der Waals surface area contributed by atoms with Crippen LogP contribution in [0.15, 0.2) is 12.1 Å². The van der Waals surface area contributed by atoms with Gasteiger partial charge >= 0.3 is 29.6 Å². The van der Waals surface area contributed by atoms with Crippen molar-refractivity contribution in [2.75, 3.05) is 11.9 Å². The number of nitro groups is 1. The van der Waals surface area contributed by atoms with Crippen LogP contribution in [-0.2, 0) is 28.6 Å². The normalized spacial score (nSPS) is 13.2. The van der Waals surface area contributed by atoms with Crippen LogP contribution in [0.2, 0.25) is 0 Å². The lowest BCUT2D eigenvalue weighted by Crippen LogP contribution is -2.53. The predicted molar refractivity (Wildman–Crippen MR) is 159 cm³/mol. The molecule has 0 saturated heterocycles. The minimum atomic E-state index is -1.22. The molecule has 0 fully saturated rings. The lowest BCUT2D eigenvalue weighted by molar-refractivity contribution is -0.384. The first kappa shape index (κ1) is 38.0. The molecule has 0 aliphatic heterocycles. The van der Waals surface area contributed by atoms with Crippen LogP contribution >= 0.6 is 0 Å². The molecule has 15 heteroatoms. The first-order valence-electron chi connectivity index (χ1n) is 14.4. The minimum Gasteiger partial charge on any atom is -0.460 e. The Morgan fingerprint density at radius 1 is 0.841 bits per heavy atom. The number of hydrogen-bond acceptors (Lipinski definition) is 11. The van der Waals surface area contributed by atoms with Gasteiger partial charge in [-0.25, -0.2) is 14.4 Å². The number of nitrogens with one attached hydrogen (secondary N) is 3. The molecule has 0 radical (unpaired) electrons. The van der Waals surface area contributed by atoms with Crippen LogP contribution in [0.1, 0.15) is 94.4 Å². The lowest BCUT2D eigenvalue weighted by atomic mass is 10.1. The number of nitrogens with zero attached hydrogens (tertiary/aromatic N) is 2. The number of carbonyl (C=O) groups excluding carboxylic acids is 4. The Bertz CT molecular complexity index is 1170. The van der Waals surface area contributed by atoms with E-state index in [9.17, 15) is 33.7 Å². The van der Waals surface area contributed by atoms with Crippen molar-refractivity contribution in [3.8, 4) is 0 Å². The second-order valence-electron chi connectivity index (χ2n) is 13.1. The summed E-state index contributed by atoms with van der Waals surface area (Å²) in [5.41, 5.74) is -2.85. The average molecular weight is 628 g/mol. The summed E-state index contributed by atoms with van der Waals surface area (Å²) in [5, 5.41) is 18.9. The molecule has 1 aromatic heterocycles. The Morgan fingerprint density at radius 3 is 1.82 bits per heavy atom. The third-order valence-electron chi connectivity index (χ3n) is 5.30. The Hall–Kier alpha value is -4.04. The molecule has 44 heavy (non-hydrogen) atoms. The van der Waals surface area contributed by atoms with Gasteiger partial charge in [0.05, 0.1) is 4.92 Å². The number of carbonyl (C=O) groups is 4. The zero-order valence-electron chi connectivity index (χ0n) is 27.0. The van der Waals surface area contributed by atoms with Crippen LogP contribution in [0.4, 0.5) is 20.7 Å². The summed E-state index contributed by atoms with van der Waals surface area (Å²) in [6.45, 7) is 15.3. The number of rotatable bonds is 14. The van der Waals surface area contributed by atoms with Gasteiger partial charge in [0.2, 0.25) is 11.8 Å². The van der Waals surface area contributed by atoms with Crippen LogP contribution in [0.5, 0.6) is 0 Å². The summed E-state index contributed by atoms with van der Waals surface area (Å²) in [6.07, 6.45) is 0.531.